The van der Waals surface area contributed by atoms with Crippen molar-refractivity contribution in [1.82, 2.24) is 10.2 Å². The van der Waals surface area contributed by atoms with Crippen molar-refractivity contribution >= 4 is 0 Å². The van der Waals surface area contributed by atoms with Gasteiger partial charge in [-0.2, -0.15) is 0 Å². The Labute approximate surface area is 125 Å². The fourth-order valence-electron chi connectivity index (χ4n) is 3.51. The summed E-state index contributed by atoms with van der Waals surface area (Å²) in [6.45, 7) is 11.0. The summed E-state index contributed by atoms with van der Waals surface area (Å²) in [7, 11) is 0. The Kier molecular flexibility index (Phi) is 7.32. The van der Waals surface area contributed by atoms with Crippen molar-refractivity contribution in [3.63, 3.8) is 0 Å². The van der Waals surface area contributed by atoms with Gasteiger partial charge in [-0.05, 0) is 31.1 Å². The minimum absolute atomic E-state index is 0.736. The maximum atomic E-state index is 5.77. The fraction of sp³-hybridized carbons (Fsp3) is 1.00. The van der Waals surface area contributed by atoms with Crippen LogP contribution in [0.2, 0.25) is 0 Å². The molecule has 0 bridgehead atoms. The zero-order valence-electron chi connectivity index (χ0n) is 13.6. The lowest BCUT2D eigenvalue weighted by molar-refractivity contribution is 0.0762. The molecule has 1 atom stereocenters. The molecule has 0 radical (unpaired) electrons. The monoisotopic (exact) mass is 282 g/mol. The van der Waals surface area contributed by atoms with Gasteiger partial charge in [-0.3, -0.25) is 4.90 Å². The van der Waals surface area contributed by atoms with Crippen LogP contribution in [0.25, 0.3) is 0 Å². The smallest absolute Gasteiger partial charge is 0.0593 e. The van der Waals surface area contributed by atoms with Gasteiger partial charge in [0, 0.05) is 38.8 Å². The Morgan fingerprint density at radius 3 is 2.70 bits per heavy atom. The van der Waals surface area contributed by atoms with E-state index < -0.39 is 0 Å². The number of hydrogen-bond acceptors (Lipinski definition) is 3. The van der Waals surface area contributed by atoms with Crippen molar-refractivity contribution in [3.05, 3.63) is 0 Å². The molecule has 1 N–H and O–H groups in total. The van der Waals surface area contributed by atoms with Crippen molar-refractivity contribution in [2.75, 3.05) is 39.4 Å². The van der Waals surface area contributed by atoms with Crippen LogP contribution < -0.4 is 5.32 Å². The normalized spacial score (nSPS) is 26.2. The Morgan fingerprint density at radius 2 is 1.95 bits per heavy atom. The Morgan fingerprint density at radius 1 is 1.15 bits per heavy atom. The van der Waals surface area contributed by atoms with E-state index in [1.807, 2.05) is 0 Å². The van der Waals surface area contributed by atoms with Gasteiger partial charge in [0.15, 0.2) is 0 Å². The van der Waals surface area contributed by atoms with Crippen LogP contribution in [0.5, 0.6) is 0 Å². The third-order valence-corrected chi connectivity index (χ3v) is 4.90. The first kappa shape index (κ1) is 16.3. The van der Waals surface area contributed by atoms with Gasteiger partial charge < -0.3 is 10.1 Å². The van der Waals surface area contributed by atoms with E-state index in [4.69, 9.17) is 4.74 Å². The average molecular weight is 282 g/mol. The molecular formula is C17H34N2O. The molecular weight excluding hydrogens is 248 g/mol. The Bertz CT molecular complexity index is 251. The summed E-state index contributed by atoms with van der Waals surface area (Å²) in [5.41, 5.74) is 0. The number of nitrogens with zero attached hydrogens (tertiary/aromatic N) is 1. The molecule has 2 fully saturated rings. The molecule has 20 heavy (non-hydrogen) atoms. The molecule has 118 valence electrons. The highest BCUT2D eigenvalue weighted by Gasteiger charge is 2.27. The quantitative estimate of drug-likeness (QED) is 0.727. The second-order valence-corrected chi connectivity index (χ2v) is 7.05. The topological polar surface area (TPSA) is 24.5 Å². The molecule has 3 heteroatoms. The van der Waals surface area contributed by atoms with Crippen molar-refractivity contribution < 1.29 is 4.74 Å². The number of hydrogen-bond donors (Lipinski definition) is 1. The molecule has 1 aliphatic heterocycles. The second-order valence-electron chi connectivity index (χ2n) is 7.05. The largest absolute Gasteiger partial charge is 0.380 e. The highest BCUT2D eigenvalue weighted by atomic mass is 16.5. The molecule has 0 aromatic heterocycles. The summed E-state index contributed by atoms with van der Waals surface area (Å²) in [6.07, 6.45) is 8.41. The average Bonchev–Trinajstić information content (AvgIpc) is 2.48. The molecule has 0 amide bonds. The van der Waals surface area contributed by atoms with E-state index in [-0.39, 0.29) is 0 Å². The van der Waals surface area contributed by atoms with Crippen molar-refractivity contribution in [2.45, 2.75) is 58.4 Å². The highest BCUT2D eigenvalue weighted by Crippen LogP contribution is 2.27. The van der Waals surface area contributed by atoms with Crippen molar-refractivity contribution in [2.24, 2.45) is 11.8 Å². The van der Waals surface area contributed by atoms with Crippen LogP contribution in [-0.4, -0.2) is 50.3 Å². The molecule has 1 heterocycles. The van der Waals surface area contributed by atoms with Crippen LogP contribution >= 0.6 is 0 Å². The van der Waals surface area contributed by atoms with Crippen LogP contribution in [0.1, 0.15) is 52.4 Å². The van der Waals surface area contributed by atoms with E-state index in [1.54, 1.807) is 0 Å². The first-order valence-corrected chi connectivity index (χ1v) is 8.79. The summed E-state index contributed by atoms with van der Waals surface area (Å²) in [4.78, 5) is 2.60. The highest BCUT2D eigenvalue weighted by molar-refractivity contribution is 4.85. The van der Waals surface area contributed by atoms with Gasteiger partial charge >= 0.3 is 0 Å². The van der Waals surface area contributed by atoms with Gasteiger partial charge in [-0.25, -0.2) is 0 Å². The SMILES string of the molecule is CC(C)CCOCCN1CCNC(C2CCCCC2)C1. The van der Waals surface area contributed by atoms with Crippen LogP contribution in [-0.2, 0) is 4.74 Å². The molecule has 0 aromatic carbocycles. The van der Waals surface area contributed by atoms with Crippen molar-refractivity contribution in [3.8, 4) is 0 Å². The van der Waals surface area contributed by atoms with E-state index in [1.165, 1.54) is 51.6 Å². The first-order valence-electron chi connectivity index (χ1n) is 8.79. The van der Waals surface area contributed by atoms with E-state index in [0.29, 0.717) is 0 Å². The second kappa shape index (κ2) is 9.01. The van der Waals surface area contributed by atoms with Crippen molar-refractivity contribution in [1.29, 1.82) is 0 Å². The standard InChI is InChI=1S/C17H34N2O/c1-15(2)8-12-20-13-11-19-10-9-18-17(14-19)16-6-4-3-5-7-16/h15-18H,3-14H2,1-2H3. The van der Waals surface area contributed by atoms with Crippen LogP contribution in [0, 0.1) is 11.8 Å². The summed E-state index contributed by atoms with van der Waals surface area (Å²) in [6, 6.07) is 0.736. The van der Waals surface area contributed by atoms with Gasteiger partial charge in [-0.1, -0.05) is 33.1 Å². The Balaban J connectivity index is 1.60. The molecule has 2 aliphatic rings. The zero-order chi connectivity index (χ0) is 14.2. The maximum absolute atomic E-state index is 5.77. The first-order chi connectivity index (χ1) is 9.75. The van der Waals surface area contributed by atoms with Gasteiger partial charge in [0.05, 0.1) is 6.61 Å². The number of ether oxygens (including phenoxy) is 1. The van der Waals surface area contributed by atoms with Gasteiger partial charge in [0.2, 0.25) is 0 Å². The van der Waals surface area contributed by atoms with Gasteiger partial charge in [0.25, 0.3) is 0 Å². The molecule has 2 rings (SSSR count). The molecule has 0 spiro atoms. The number of nitrogens with one attached hydrogen (secondary N) is 1. The fourth-order valence-corrected chi connectivity index (χ4v) is 3.51. The lowest BCUT2D eigenvalue weighted by atomic mass is 9.83. The predicted octanol–water partition coefficient (Wildman–Crippen LogP) is 2.90. The predicted molar refractivity (Wildman–Crippen MR) is 85.1 cm³/mol. The molecule has 1 aliphatic carbocycles. The van der Waals surface area contributed by atoms with Gasteiger partial charge in [0.1, 0.15) is 0 Å². The summed E-state index contributed by atoms with van der Waals surface area (Å²) in [5.74, 6) is 1.68. The summed E-state index contributed by atoms with van der Waals surface area (Å²) < 4.78 is 5.77. The van der Waals surface area contributed by atoms with Crippen LogP contribution in [0.4, 0.5) is 0 Å². The Hall–Kier alpha value is -0.120. The maximum Gasteiger partial charge on any atom is 0.0593 e. The zero-order valence-corrected chi connectivity index (χ0v) is 13.6. The summed E-state index contributed by atoms with van der Waals surface area (Å²) >= 11 is 0. The number of piperazine rings is 1. The van der Waals surface area contributed by atoms with Crippen LogP contribution in [0.15, 0.2) is 0 Å². The van der Waals surface area contributed by atoms with E-state index in [2.05, 4.69) is 24.1 Å². The molecule has 0 aromatic rings. The third kappa shape index (κ3) is 5.71. The lowest BCUT2D eigenvalue weighted by Gasteiger charge is -2.39. The third-order valence-electron chi connectivity index (χ3n) is 4.90. The van der Waals surface area contributed by atoms with E-state index in [0.717, 1.165) is 44.2 Å². The lowest BCUT2D eigenvalue weighted by Crippen LogP contribution is -2.54. The van der Waals surface area contributed by atoms with Gasteiger partial charge in [-0.15, -0.1) is 0 Å². The molecule has 1 saturated heterocycles. The minimum atomic E-state index is 0.736. The molecule has 1 unspecified atom stereocenters. The molecule has 1 saturated carbocycles. The van der Waals surface area contributed by atoms with E-state index >= 15 is 0 Å². The number of rotatable bonds is 7. The minimum Gasteiger partial charge on any atom is -0.380 e. The van der Waals surface area contributed by atoms with E-state index in [9.17, 15) is 0 Å². The molecule has 3 nitrogen and oxygen atoms in total. The summed E-state index contributed by atoms with van der Waals surface area (Å²) in [5, 5.41) is 3.75. The van der Waals surface area contributed by atoms with Crippen LogP contribution in [0.3, 0.4) is 0 Å².